The summed E-state index contributed by atoms with van der Waals surface area (Å²) in [5.41, 5.74) is 21.3. The van der Waals surface area contributed by atoms with Crippen LogP contribution >= 0.6 is 11.8 Å². The number of hydrogen-bond donors (Lipinski definition) is 9. The number of nitrogens with zero attached hydrogens (tertiary/aromatic N) is 1. The first kappa shape index (κ1) is 31.9. The minimum atomic E-state index is -1.50. The summed E-state index contributed by atoms with van der Waals surface area (Å²) < 4.78 is 0. The molecule has 200 valence electrons. The van der Waals surface area contributed by atoms with E-state index in [4.69, 9.17) is 22.9 Å². The van der Waals surface area contributed by atoms with Gasteiger partial charge >= 0.3 is 5.97 Å². The Morgan fingerprint density at radius 2 is 1.46 bits per heavy atom. The smallest absolute Gasteiger partial charge is 0.326 e. The molecule has 16 heteroatoms. The summed E-state index contributed by atoms with van der Waals surface area (Å²) in [6, 6.07) is -5.32. The first-order valence-corrected chi connectivity index (χ1v) is 12.1. The Bertz CT molecular complexity index is 776. The number of aliphatic imine (C=N–C) groups is 1. The van der Waals surface area contributed by atoms with Gasteiger partial charge < -0.3 is 49.1 Å². The van der Waals surface area contributed by atoms with E-state index < -0.39 is 66.3 Å². The summed E-state index contributed by atoms with van der Waals surface area (Å²) in [6.07, 6.45) is 0.318. The number of thioether (sulfide) groups is 1. The monoisotopic (exact) mass is 520 g/mol. The first-order valence-electron chi connectivity index (χ1n) is 10.7. The number of aliphatic hydroxyl groups is 1. The highest BCUT2D eigenvalue weighted by Gasteiger charge is 2.31. The number of amides is 4. The fourth-order valence-corrected chi connectivity index (χ4v) is 3.18. The third-order valence-electron chi connectivity index (χ3n) is 4.66. The molecule has 0 aromatic heterocycles. The van der Waals surface area contributed by atoms with Crippen molar-refractivity contribution in [1.29, 1.82) is 0 Å². The van der Waals surface area contributed by atoms with Crippen LogP contribution in [0.3, 0.4) is 0 Å². The standard InChI is InChI=1S/C19H36N8O7S/c1-9(28)14(21)17(32)27-12(8-13(20)29)16(31)25-10(4-3-6-24-19(22)23)15(30)26-11(18(33)34)5-7-35-2/h9-12,14,28H,3-8,21H2,1-2H3,(H2,20,29)(H,25,31)(H,26,30)(H,27,32)(H,33,34)(H4,22,23,24). The van der Waals surface area contributed by atoms with Crippen molar-refractivity contribution in [2.24, 2.45) is 27.9 Å². The highest BCUT2D eigenvalue weighted by molar-refractivity contribution is 7.98. The average molecular weight is 521 g/mol. The van der Waals surface area contributed by atoms with Crippen LogP contribution in [0.4, 0.5) is 0 Å². The molecule has 0 spiro atoms. The summed E-state index contributed by atoms with van der Waals surface area (Å²) in [4.78, 5) is 64.6. The second kappa shape index (κ2) is 16.5. The van der Waals surface area contributed by atoms with Crippen LogP contribution in [-0.4, -0.2) is 94.6 Å². The van der Waals surface area contributed by atoms with E-state index in [1.165, 1.54) is 18.7 Å². The zero-order valence-electron chi connectivity index (χ0n) is 19.7. The van der Waals surface area contributed by atoms with Gasteiger partial charge in [-0.15, -0.1) is 0 Å². The molecule has 0 saturated heterocycles. The van der Waals surface area contributed by atoms with Gasteiger partial charge in [0, 0.05) is 6.54 Å². The minimum Gasteiger partial charge on any atom is -0.480 e. The van der Waals surface area contributed by atoms with Crippen molar-refractivity contribution < 1.29 is 34.2 Å². The van der Waals surface area contributed by atoms with Crippen molar-refractivity contribution >= 4 is 47.3 Å². The zero-order chi connectivity index (χ0) is 27.1. The zero-order valence-corrected chi connectivity index (χ0v) is 20.5. The number of nitrogens with two attached hydrogens (primary N) is 4. The largest absolute Gasteiger partial charge is 0.480 e. The van der Waals surface area contributed by atoms with E-state index in [1.807, 2.05) is 0 Å². The summed E-state index contributed by atoms with van der Waals surface area (Å²) >= 11 is 1.40. The predicted molar refractivity (Wildman–Crippen MR) is 130 cm³/mol. The van der Waals surface area contributed by atoms with Crippen LogP contribution in [0.1, 0.15) is 32.6 Å². The first-order chi connectivity index (χ1) is 16.3. The van der Waals surface area contributed by atoms with Crippen LogP contribution in [0, 0.1) is 0 Å². The molecule has 0 aliphatic rings. The van der Waals surface area contributed by atoms with Gasteiger partial charge in [0.25, 0.3) is 0 Å². The minimum absolute atomic E-state index is 0.00759. The number of aliphatic hydroxyl groups excluding tert-OH is 1. The number of rotatable bonds is 17. The molecule has 0 aliphatic heterocycles. The molecule has 5 atom stereocenters. The topological polar surface area (TPSA) is 278 Å². The average Bonchev–Trinajstić information content (AvgIpc) is 2.76. The summed E-state index contributed by atoms with van der Waals surface area (Å²) in [5, 5.41) is 25.9. The van der Waals surface area contributed by atoms with E-state index in [1.54, 1.807) is 6.26 Å². The summed E-state index contributed by atoms with van der Waals surface area (Å²) in [6.45, 7) is 1.39. The molecule has 0 radical (unpaired) electrons. The Morgan fingerprint density at radius 3 is 1.94 bits per heavy atom. The molecule has 0 aromatic rings. The van der Waals surface area contributed by atoms with E-state index in [0.29, 0.717) is 5.75 Å². The van der Waals surface area contributed by atoms with Gasteiger partial charge in [-0.3, -0.25) is 24.2 Å². The maximum atomic E-state index is 12.9. The Morgan fingerprint density at radius 1 is 0.914 bits per heavy atom. The van der Waals surface area contributed by atoms with Crippen molar-refractivity contribution in [2.75, 3.05) is 18.6 Å². The van der Waals surface area contributed by atoms with Gasteiger partial charge in [0.15, 0.2) is 5.96 Å². The number of carbonyl (C=O) groups excluding carboxylic acids is 4. The fourth-order valence-electron chi connectivity index (χ4n) is 2.71. The van der Waals surface area contributed by atoms with E-state index in [-0.39, 0.29) is 31.8 Å². The van der Waals surface area contributed by atoms with E-state index >= 15 is 0 Å². The second-order valence-electron chi connectivity index (χ2n) is 7.69. The number of carbonyl (C=O) groups is 5. The normalized spacial score (nSPS) is 15.0. The number of primary amides is 1. The third-order valence-corrected chi connectivity index (χ3v) is 5.31. The second-order valence-corrected chi connectivity index (χ2v) is 8.67. The molecular formula is C19H36N8O7S. The number of carboxylic acid groups (broad SMARTS) is 1. The number of hydrogen-bond acceptors (Lipinski definition) is 9. The van der Waals surface area contributed by atoms with Crippen molar-refractivity contribution in [3.05, 3.63) is 0 Å². The highest BCUT2D eigenvalue weighted by Crippen LogP contribution is 2.06. The van der Waals surface area contributed by atoms with E-state index in [9.17, 15) is 34.2 Å². The van der Waals surface area contributed by atoms with E-state index in [0.717, 1.165) is 0 Å². The number of carboxylic acids is 1. The fraction of sp³-hybridized carbons (Fsp3) is 0.684. The van der Waals surface area contributed by atoms with Crippen molar-refractivity contribution in [2.45, 2.75) is 62.9 Å². The Kier molecular flexibility index (Phi) is 15.0. The lowest BCUT2D eigenvalue weighted by Crippen LogP contribution is -2.58. The number of guanidine groups is 1. The van der Waals surface area contributed by atoms with Gasteiger partial charge in [-0.05, 0) is 38.2 Å². The molecule has 0 bridgehead atoms. The van der Waals surface area contributed by atoms with E-state index in [2.05, 4.69) is 20.9 Å². The van der Waals surface area contributed by atoms with Gasteiger partial charge in [0.1, 0.15) is 24.2 Å². The molecule has 15 nitrogen and oxygen atoms in total. The predicted octanol–water partition coefficient (Wildman–Crippen LogP) is -4.08. The molecule has 0 saturated carbocycles. The molecule has 0 aliphatic carbocycles. The number of aliphatic carboxylic acids is 1. The quantitative estimate of drug-likeness (QED) is 0.0505. The highest BCUT2D eigenvalue weighted by atomic mass is 32.2. The molecule has 0 fully saturated rings. The van der Waals surface area contributed by atoms with Crippen LogP contribution in [0.5, 0.6) is 0 Å². The van der Waals surface area contributed by atoms with Gasteiger partial charge in [0.2, 0.25) is 23.6 Å². The lowest BCUT2D eigenvalue weighted by Gasteiger charge is -2.25. The molecule has 0 heterocycles. The third kappa shape index (κ3) is 13.4. The van der Waals surface area contributed by atoms with Gasteiger partial charge in [-0.25, -0.2) is 4.79 Å². The Hall–Kier alpha value is -3.11. The molecule has 4 amide bonds. The molecule has 13 N–H and O–H groups in total. The number of nitrogens with one attached hydrogen (secondary N) is 3. The Labute approximate surface area is 207 Å². The summed E-state index contributed by atoms with van der Waals surface area (Å²) in [7, 11) is 0. The molecular weight excluding hydrogens is 484 g/mol. The van der Waals surface area contributed by atoms with Crippen LogP contribution in [0.15, 0.2) is 4.99 Å². The van der Waals surface area contributed by atoms with Gasteiger partial charge in [0.05, 0.1) is 12.5 Å². The van der Waals surface area contributed by atoms with Crippen LogP contribution in [-0.2, 0) is 24.0 Å². The van der Waals surface area contributed by atoms with Crippen molar-refractivity contribution in [3.63, 3.8) is 0 Å². The lowest BCUT2D eigenvalue weighted by atomic mass is 10.1. The molecule has 0 aromatic carbocycles. The molecule has 0 rings (SSSR count). The van der Waals surface area contributed by atoms with Crippen LogP contribution < -0.4 is 38.9 Å². The van der Waals surface area contributed by atoms with Crippen molar-refractivity contribution in [3.8, 4) is 0 Å². The van der Waals surface area contributed by atoms with Crippen LogP contribution in [0.2, 0.25) is 0 Å². The van der Waals surface area contributed by atoms with Gasteiger partial charge in [-0.2, -0.15) is 11.8 Å². The SMILES string of the molecule is CSCCC(NC(=O)C(CCCN=C(N)N)NC(=O)C(CC(N)=O)NC(=O)C(N)C(C)O)C(=O)O. The molecule has 5 unspecified atom stereocenters. The molecule has 35 heavy (non-hydrogen) atoms. The van der Waals surface area contributed by atoms with Crippen LogP contribution in [0.25, 0.3) is 0 Å². The van der Waals surface area contributed by atoms with Gasteiger partial charge in [-0.1, -0.05) is 0 Å². The maximum Gasteiger partial charge on any atom is 0.326 e. The Balaban J connectivity index is 5.62. The maximum absolute atomic E-state index is 12.9. The lowest BCUT2D eigenvalue weighted by molar-refractivity contribution is -0.142. The summed E-state index contributed by atoms with van der Waals surface area (Å²) in [5.74, 6) is -4.52. The van der Waals surface area contributed by atoms with Crippen molar-refractivity contribution in [1.82, 2.24) is 16.0 Å².